The Kier molecular flexibility index (Phi) is 3.25. The van der Waals surface area contributed by atoms with Gasteiger partial charge in [-0.05, 0) is 36.7 Å². The number of benzene rings is 1. The van der Waals surface area contributed by atoms with E-state index in [1.807, 2.05) is 32.0 Å². The fourth-order valence-corrected chi connectivity index (χ4v) is 2.57. The van der Waals surface area contributed by atoms with Crippen molar-refractivity contribution >= 4 is 18.3 Å². The standard InChI is InChI=1S/C9H13O2PS/c1-7-4-3-5-8(2)9(7)6-12(10,11)13/h3-5H,6H2,1-2H3,(H2,10,11,13)/p-2. The van der Waals surface area contributed by atoms with Gasteiger partial charge in [-0.15, -0.1) is 11.8 Å². The number of hydrogen-bond donors (Lipinski definition) is 0. The van der Waals surface area contributed by atoms with Crippen molar-refractivity contribution in [2.45, 2.75) is 20.0 Å². The van der Waals surface area contributed by atoms with Crippen molar-refractivity contribution in [3.63, 3.8) is 0 Å². The van der Waals surface area contributed by atoms with E-state index in [-0.39, 0.29) is 6.16 Å². The van der Waals surface area contributed by atoms with E-state index >= 15 is 0 Å². The van der Waals surface area contributed by atoms with Gasteiger partial charge in [-0.3, -0.25) is 0 Å². The summed E-state index contributed by atoms with van der Waals surface area (Å²) in [7, 11) is 0. The highest BCUT2D eigenvalue weighted by atomic mass is 32.5. The highest BCUT2D eigenvalue weighted by Crippen LogP contribution is 2.32. The Morgan fingerprint density at radius 1 is 1.23 bits per heavy atom. The third kappa shape index (κ3) is 3.20. The lowest BCUT2D eigenvalue weighted by atomic mass is 10.1. The molecular formula is C9H11O2PS-2. The summed E-state index contributed by atoms with van der Waals surface area (Å²) in [6.45, 7) is 0.184. The van der Waals surface area contributed by atoms with E-state index in [2.05, 4.69) is 11.8 Å². The van der Waals surface area contributed by atoms with Crippen molar-refractivity contribution in [3.05, 3.63) is 34.9 Å². The van der Waals surface area contributed by atoms with E-state index in [0.29, 0.717) is 0 Å². The summed E-state index contributed by atoms with van der Waals surface area (Å²) in [4.78, 5) is 21.9. The summed E-state index contributed by atoms with van der Waals surface area (Å²) in [6.07, 6.45) is -0.0131. The van der Waals surface area contributed by atoms with Gasteiger partial charge in [0.2, 0.25) is 0 Å². The van der Waals surface area contributed by atoms with Crippen molar-refractivity contribution in [3.8, 4) is 0 Å². The lowest BCUT2D eigenvalue weighted by Gasteiger charge is -2.36. The number of rotatable bonds is 2. The van der Waals surface area contributed by atoms with Crippen LogP contribution >= 0.6 is 6.49 Å². The van der Waals surface area contributed by atoms with Crippen LogP contribution in [0.2, 0.25) is 0 Å². The molecule has 72 valence electrons. The van der Waals surface area contributed by atoms with Crippen LogP contribution in [0.25, 0.3) is 0 Å². The van der Waals surface area contributed by atoms with Crippen LogP contribution < -0.4 is 9.79 Å². The lowest BCUT2D eigenvalue weighted by molar-refractivity contribution is -0.295. The zero-order valence-electron chi connectivity index (χ0n) is 7.61. The molecule has 1 aromatic carbocycles. The third-order valence-electron chi connectivity index (χ3n) is 2.00. The first kappa shape index (κ1) is 10.9. The highest BCUT2D eigenvalue weighted by molar-refractivity contribution is 8.07. The molecule has 0 amide bonds. The minimum atomic E-state index is -3.61. The molecular weight excluding hydrogens is 203 g/mol. The molecule has 0 unspecified atom stereocenters. The fourth-order valence-electron chi connectivity index (χ4n) is 1.29. The summed E-state index contributed by atoms with van der Waals surface area (Å²) in [6, 6.07) is 5.70. The first-order valence-corrected chi connectivity index (χ1v) is 6.78. The third-order valence-corrected chi connectivity index (χ3v) is 3.09. The van der Waals surface area contributed by atoms with Crippen molar-refractivity contribution in [1.29, 1.82) is 0 Å². The van der Waals surface area contributed by atoms with E-state index in [1.165, 1.54) is 0 Å². The molecule has 1 rings (SSSR count). The molecule has 4 heteroatoms. The van der Waals surface area contributed by atoms with E-state index in [1.54, 1.807) is 0 Å². The van der Waals surface area contributed by atoms with Crippen LogP contribution in [-0.2, 0) is 18.0 Å². The Labute approximate surface area is 83.4 Å². The van der Waals surface area contributed by atoms with E-state index in [4.69, 9.17) is 0 Å². The van der Waals surface area contributed by atoms with E-state index in [9.17, 15) is 9.79 Å². The molecule has 0 aliphatic carbocycles. The smallest absolute Gasteiger partial charge is 0.0248 e. The molecule has 0 aliphatic rings. The van der Waals surface area contributed by atoms with Gasteiger partial charge in [0, 0.05) is 0 Å². The van der Waals surface area contributed by atoms with Crippen LogP contribution in [0.15, 0.2) is 18.2 Å². The predicted molar refractivity (Wildman–Crippen MR) is 53.9 cm³/mol. The van der Waals surface area contributed by atoms with Crippen LogP contribution in [0.3, 0.4) is 0 Å². The maximum absolute atomic E-state index is 10.9. The first-order chi connectivity index (χ1) is 5.90. The second-order valence-electron chi connectivity index (χ2n) is 3.14. The van der Waals surface area contributed by atoms with Gasteiger partial charge in [-0.2, -0.15) is 0 Å². The second-order valence-corrected chi connectivity index (χ2v) is 6.35. The Bertz CT molecular complexity index is 336. The van der Waals surface area contributed by atoms with Gasteiger partial charge in [-0.25, -0.2) is 6.49 Å². The Hall–Kier alpha value is -0.210. The summed E-state index contributed by atoms with van der Waals surface area (Å²) in [5.41, 5.74) is 2.82. The monoisotopic (exact) mass is 214 g/mol. The lowest BCUT2D eigenvalue weighted by Crippen LogP contribution is -2.16. The quantitative estimate of drug-likeness (QED) is 0.685. The molecule has 13 heavy (non-hydrogen) atoms. The minimum absolute atomic E-state index is 0.0131. The second kappa shape index (κ2) is 3.89. The largest absolute Gasteiger partial charge is 0.832 e. The van der Waals surface area contributed by atoms with Gasteiger partial charge in [0.25, 0.3) is 0 Å². The van der Waals surface area contributed by atoms with Gasteiger partial charge in [0.1, 0.15) is 0 Å². The molecule has 0 aliphatic heterocycles. The molecule has 0 N–H and O–H groups in total. The van der Waals surface area contributed by atoms with Crippen LogP contribution in [0, 0.1) is 13.8 Å². The van der Waals surface area contributed by atoms with Gasteiger partial charge in [-0.1, -0.05) is 18.2 Å². The van der Waals surface area contributed by atoms with Gasteiger partial charge in [0.15, 0.2) is 0 Å². The Balaban J connectivity index is 3.07. The summed E-state index contributed by atoms with van der Waals surface area (Å²) in [5, 5.41) is 0. The van der Waals surface area contributed by atoms with Crippen LogP contribution in [0.1, 0.15) is 16.7 Å². The highest BCUT2D eigenvalue weighted by Gasteiger charge is 2.01. The Morgan fingerprint density at radius 3 is 2.08 bits per heavy atom. The normalized spacial score (nSPS) is 11.7. The average Bonchev–Trinajstić information content (AvgIpc) is 1.95. The molecule has 0 radical (unpaired) electrons. The van der Waals surface area contributed by atoms with Crippen LogP contribution in [0.4, 0.5) is 0 Å². The summed E-state index contributed by atoms with van der Waals surface area (Å²) >= 11 is 4.39. The van der Waals surface area contributed by atoms with Crippen molar-refractivity contribution in [2.75, 3.05) is 0 Å². The molecule has 0 heterocycles. The van der Waals surface area contributed by atoms with Crippen LogP contribution in [-0.4, -0.2) is 0 Å². The molecule has 2 nitrogen and oxygen atoms in total. The van der Waals surface area contributed by atoms with Crippen molar-refractivity contribution in [1.82, 2.24) is 0 Å². The number of aryl methyl sites for hydroxylation is 2. The van der Waals surface area contributed by atoms with Gasteiger partial charge < -0.3 is 9.79 Å². The molecule has 0 saturated carbocycles. The van der Waals surface area contributed by atoms with Crippen LogP contribution in [0.5, 0.6) is 0 Å². The first-order valence-electron chi connectivity index (χ1n) is 3.96. The van der Waals surface area contributed by atoms with Gasteiger partial charge in [0.05, 0.1) is 0 Å². The molecule has 0 atom stereocenters. The maximum Gasteiger partial charge on any atom is -0.0248 e. The molecule has 0 bridgehead atoms. The SMILES string of the molecule is Cc1cccc(C)c1CP([O-])([O-])=S. The zero-order chi connectivity index (χ0) is 10.1. The zero-order valence-corrected chi connectivity index (χ0v) is 9.32. The molecule has 0 aromatic heterocycles. The summed E-state index contributed by atoms with van der Waals surface area (Å²) < 4.78 is 0. The molecule has 1 aromatic rings. The minimum Gasteiger partial charge on any atom is -0.832 e. The van der Waals surface area contributed by atoms with Crippen molar-refractivity contribution < 1.29 is 9.79 Å². The van der Waals surface area contributed by atoms with E-state index in [0.717, 1.165) is 16.7 Å². The van der Waals surface area contributed by atoms with Crippen molar-refractivity contribution in [2.24, 2.45) is 0 Å². The van der Waals surface area contributed by atoms with E-state index < -0.39 is 6.49 Å². The molecule has 0 spiro atoms. The number of hydrogen-bond acceptors (Lipinski definition) is 3. The average molecular weight is 214 g/mol. The Morgan fingerprint density at radius 2 is 1.69 bits per heavy atom. The molecule has 0 saturated heterocycles. The molecule has 0 fully saturated rings. The fraction of sp³-hybridized carbons (Fsp3) is 0.333. The summed E-state index contributed by atoms with van der Waals surface area (Å²) in [5.74, 6) is 0. The topological polar surface area (TPSA) is 46.1 Å². The van der Waals surface area contributed by atoms with Gasteiger partial charge >= 0.3 is 0 Å². The maximum atomic E-state index is 10.9. The predicted octanol–water partition coefficient (Wildman–Crippen LogP) is 0.834.